The summed E-state index contributed by atoms with van der Waals surface area (Å²) in [5, 5.41) is 0.365. The number of nitrogens with zero attached hydrogens (tertiary/aromatic N) is 2. The highest BCUT2D eigenvalue weighted by atomic mass is 35.5. The number of fused-ring (bicyclic) bond motifs is 2. The van der Waals surface area contributed by atoms with E-state index in [4.69, 9.17) is 16.0 Å². The van der Waals surface area contributed by atoms with Crippen LogP contribution in [0.5, 0.6) is 0 Å². The number of halogens is 1. The van der Waals surface area contributed by atoms with E-state index in [1.54, 1.807) is 17.8 Å². The molecule has 0 bridgehead atoms. The third kappa shape index (κ3) is 6.99. The van der Waals surface area contributed by atoms with E-state index in [9.17, 15) is 25.9 Å². The normalized spacial score (nSPS) is 15.6. The minimum atomic E-state index is -4.38. The van der Waals surface area contributed by atoms with E-state index < -0.39 is 26.0 Å². The molecule has 3 aromatic carbocycles. The van der Waals surface area contributed by atoms with Crippen molar-refractivity contribution in [3.8, 4) is 11.1 Å². The smallest absolute Gasteiger partial charge is 0.351 e. The first-order valence-electron chi connectivity index (χ1n) is 12.6. The van der Waals surface area contributed by atoms with E-state index in [1.807, 2.05) is 70.1 Å². The van der Waals surface area contributed by atoms with Crippen molar-refractivity contribution in [2.45, 2.75) is 36.1 Å². The van der Waals surface area contributed by atoms with Crippen LogP contribution < -0.4 is 9.47 Å². The van der Waals surface area contributed by atoms with E-state index in [-0.39, 0.29) is 30.5 Å². The Morgan fingerprint density at radius 2 is 1.75 bits per heavy atom. The molecule has 0 aliphatic carbocycles. The van der Waals surface area contributed by atoms with Gasteiger partial charge in [0, 0.05) is 34.7 Å². The zero-order chi connectivity index (χ0) is 28.5. The molecule has 5 rings (SSSR count). The van der Waals surface area contributed by atoms with Gasteiger partial charge in [0.05, 0.1) is 26.9 Å². The Labute approximate surface area is 242 Å². The Bertz CT molecular complexity index is 1740. The van der Waals surface area contributed by atoms with E-state index in [2.05, 4.69) is 0 Å². The summed E-state index contributed by atoms with van der Waals surface area (Å²) < 4.78 is 74.1. The molecular weight excluding hydrogens is 596 g/mol. The lowest BCUT2D eigenvalue weighted by atomic mass is 10.1. The van der Waals surface area contributed by atoms with Crippen molar-refractivity contribution in [3.63, 3.8) is 0 Å². The van der Waals surface area contributed by atoms with E-state index in [0.717, 1.165) is 27.2 Å². The van der Waals surface area contributed by atoms with Crippen LogP contribution in [0, 0.1) is 0 Å². The lowest BCUT2D eigenvalue weighted by molar-refractivity contribution is -0.684. The van der Waals surface area contributed by atoms with Crippen LogP contribution in [0.15, 0.2) is 76.0 Å². The maximum absolute atomic E-state index is 11.3. The maximum Gasteiger partial charge on any atom is 0.351 e. The van der Waals surface area contributed by atoms with Crippen LogP contribution in [0.1, 0.15) is 18.7 Å². The van der Waals surface area contributed by atoms with Gasteiger partial charge in [-0.2, -0.15) is 13.0 Å². The maximum atomic E-state index is 11.3. The van der Waals surface area contributed by atoms with Crippen LogP contribution in [-0.2, 0) is 33.2 Å². The average Bonchev–Trinajstić information content (AvgIpc) is 3.40. The standard InChI is InChI=1S/C27H27ClN2O7S3/c28-21-9-11-25-23(17-21)30(13-5-15-40(34,35)36)27(38-25)18-26-29(12-4-14-39(31,32)33)22-16-20(8-10-24(22)37-26)19-6-2-1-3-7-19/h1-3,6-11,16-17,27H,4-5,12-15,18H2,(H-,31,32,33,34,35,36). The summed E-state index contributed by atoms with van der Waals surface area (Å²) in [5.74, 6) is -0.262. The van der Waals surface area contributed by atoms with Crippen LogP contribution in [0.4, 0.5) is 5.69 Å². The predicted molar refractivity (Wildman–Crippen MR) is 154 cm³/mol. The average molecular weight is 623 g/mol. The molecule has 0 fully saturated rings. The van der Waals surface area contributed by atoms with Gasteiger partial charge in [-0.1, -0.05) is 59.8 Å². The molecule has 0 amide bonds. The predicted octanol–water partition coefficient (Wildman–Crippen LogP) is 4.73. The van der Waals surface area contributed by atoms with Crippen molar-refractivity contribution in [3.05, 3.63) is 77.6 Å². The van der Waals surface area contributed by atoms with Gasteiger partial charge in [0.25, 0.3) is 15.6 Å². The second-order valence-electron chi connectivity index (χ2n) is 9.53. The molecule has 4 aromatic rings. The lowest BCUT2D eigenvalue weighted by Gasteiger charge is -2.25. The molecule has 40 heavy (non-hydrogen) atoms. The highest BCUT2D eigenvalue weighted by Gasteiger charge is 2.35. The third-order valence-corrected chi connectivity index (χ3v) is 9.77. The Balaban J connectivity index is 1.49. The van der Waals surface area contributed by atoms with Crippen molar-refractivity contribution < 1.29 is 34.9 Å². The van der Waals surface area contributed by atoms with Crippen molar-refractivity contribution in [2.24, 2.45) is 0 Å². The first kappa shape index (κ1) is 28.9. The molecule has 0 saturated heterocycles. The van der Waals surface area contributed by atoms with E-state index >= 15 is 0 Å². The third-order valence-electron chi connectivity index (χ3n) is 6.65. The number of rotatable bonds is 11. The van der Waals surface area contributed by atoms with Crippen molar-refractivity contribution >= 4 is 60.4 Å². The Kier molecular flexibility index (Phi) is 8.46. The van der Waals surface area contributed by atoms with Gasteiger partial charge in [-0.15, -0.1) is 0 Å². The summed E-state index contributed by atoms with van der Waals surface area (Å²) in [6, 6.07) is 21.2. The van der Waals surface area contributed by atoms with Crippen LogP contribution in [-0.4, -0.2) is 49.4 Å². The summed E-state index contributed by atoms with van der Waals surface area (Å²) in [5.41, 5.74) is 4.26. The lowest BCUT2D eigenvalue weighted by Crippen LogP contribution is -2.41. The number of anilines is 1. The quantitative estimate of drug-likeness (QED) is 0.186. The summed E-state index contributed by atoms with van der Waals surface area (Å²) in [6.07, 6.45) is 0.742. The molecule has 1 aliphatic rings. The van der Waals surface area contributed by atoms with Crippen LogP contribution in [0.25, 0.3) is 22.2 Å². The van der Waals surface area contributed by atoms with Crippen molar-refractivity contribution in [1.82, 2.24) is 0 Å². The molecular formula is C27H27ClN2O7S3. The van der Waals surface area contributed by atoms with Gasteiger partial charge in [0.1, 0.15) is 6.42 Å². The number of aryl methyl sites for hydroxylation is 1. The minimum Gasteiger partial charge on any atom is -0.748 e. The van der Waals surface area contributed by atoms with Gasteiger partial charge < -0.3 is 13.9 Å². The van der Waals surface area contributed by atoms with Gasteiger partial charge in [-0.25, -0.2) is 8.42 Å². The van der Waals surface area contributed by atoms with Crippen molar-refractivity contribution in [2.75, 3.05) is 23.0 Å². The zero-order valence-electron chi connectivity index (χ0n) is 21.3. The fourth-order valence-corrected chi connectivity index (χ4v) is 7.35. The zero-order valence-corrected chi connectivity index (χ0v) is 24.5. The Hall–Kier alpha value is -2.61. The molecule has 13 heteroatoms. The highest BCUT2D eigenvalue weighted by molar-refractivity contribution is 8.00. The molecule has 9 nitrogen and oxygen atoms in total. The van der Waals surface area contributed by atoms with Gasteiger partial charge in [0.15, 0.2) is 6.54 Å². The highest BCUT2D eigenvalue weighted by Crippen LogP contribution is 2.45. The number of benzene rings is 3. The number of aromatic nitrogens is 1. The van der Waals surface area contributed by atoms with Crippen LogP contribution >= 0.6 is 23.4 Å². The fourth-order valence-electron chi connectivity index (χ4n) is 4.90. The molecule has 0 saturated carbocycles. The Morgan fingerprint density at radius 3 is 2.48 bits per heavy atom. The van der Waals surface area contributed by atoms with E-state index in [1.165, 1.54) is 0 Å². The van der Waals surface area contributed by atoms with Crippen LogP contribution in [0.3, 0.4) is 0 Å². The monoisotopic (exact) mass is 622 g/mol. The first-order valence-corrected chi connectivity index (χ1v) is 17.0. The number of hydrogen-bond donors (Lipinski definition) is 1. The number of thioether (sulfide) groups is 1. The minimum absolute atomic E-state index is 0.124. The molecule has 1 N–H and O–H groups in total. The molecule has 1 aromatic heterocycles. The van der Waals surface area contributed by atoms with Gasteiger partial charge in [0.2, 0.25) is 5.58 Å². The fraction of sp³-hybridized carbons (Fsp3) is 0.296. The summed E-state index contributed by atoms with van der Waals surface area (Å²) in [6.45, 7) is 0.624. The Morgan fingerprint density at radius 1 is 0.975 bits per heavy atom. The molecule has 2 heterocycles. The number of oxazole rings is 1. The molecule has 0 radical (unpaired) electrons. The topological polar surface area (TPSA) is 132 Å². The molecule has 1 atom stereocenters. The van der Waals surface area contributed by atoms with Gasteiger partial charge in [-0.05, 0) is 41.8 Å². The largest absolute Gasteiger partial charge is 0.748 e. The SMILES string of the molecule is O=S(=O)([O-])CCC[n+]1c(CC2Sc3ccc(Cl)cc3N2CCCS(=O)(=O)O)oc2ccc(-c3ccccc3)cc21. The molecule has 0 spiro atoms. The van der Waals surface area contributed by atoms with Gasteiger partial charge >= 0.3 is 5.89 Å². The van der Waals surface area contributed by atoms with Crippen molar-refractivity contribution in [1.29, 1.82) is 0 Å². The summed E-state index contributed by atoms with van der Waals surface area (Å²) >= 11 is 7.86. The van der Waals surface area contributed by atoms with Crippen LogP contribution in [0.2, 0.25) is 5.02 Å². The number of hydrogen-bond acceptors (Lipinski definition) is 8. The molecule has 1 aliphatic heterocycles. The van der Waals surface area contributed by atoms with Gasteiger partial charge in [-0.3, -0.25) is 4.55 Å². The van der Waals surface area contributed by atoms with E-state index in [0.29, 0.717) is 29.5 Å². The molecule has 212 valence electrons. The second-order valence-corrected chi connectivity index (χ2v) is 14.3. The summed E-state index contributed by atoms with van der Waals surface area (Å²) in [7, 11) is -8.48. The first-order chi connectivity index (χ1) is 19.0. The summed E-state index contributed by atoms with van der Waals surface area (Å²) in [4.78, 5) is 3.03. The molecule has 1 unspecified atom stereocenters. The second kappa shape index (κ2) is 11.7.